The topological polar surface area (TPSA) is 87.9 Å². The van der Waals surface area contributed by atoms with E-state index in [1.54, 1.807) is 6.20 Å². The molecule has 0 aliphatic heterocycles. The van der Waals surface area contributed by atoms with Crippen molar-refractivity contribution in [3.05, 3.63) is 69.8 Å². The van der Waals surface area contributed by atoms with Gasteiger partial charge >= 0.3 is 0 Å². The summed E-state index contributed by atoms with van der Waals surface area (Å²) in [6.45, 7) is 4.42. The summed E-state index contributed by atoms with van der Waals surface area (Å²) < 4.78 is 2.14. The average Bonchev–Trinajstić information content (AvgIpc) is 2.94. The highest BCUT2D eigenvalue weighted by Gasteiger charge is 2.21. The van der Waals surface area contributed by atoms with Crippen LogP contribution >= 0.6 is 11.6 Å². The number of halogens is 1. The largest absolute Gasteiger partial charge is 0.399 e. The number of hydrogen-bond acceptors (Lipinski definition) is 4. The number of aromatic nitrogens is 2. The molecule has 0 bridgehead atoms. The van der Waals surface area contributed by atoms with Gasteiger partial charge < -0.3 is 15.4 Å². The first-order chi connectivity index (χ1) is 13.0. The van der Waals surface area contributed by atoms with E-state index in [-0.39, 0.29) is 6.61 Å². The number of pyridine rings is 1. The summed E-state index contributed by atoms with van der Waals surface area (Å²) in [6, 6.07) is 11.8. The number of nitrogen functional groups attached to an aromatic ring is 1. The first kappa shape index (κ1) is 19.0. The van der Waals surface area contributed by atoms with Gasteiger partial charge in [-0.25, -0.2) is 4.98 Å². The SMILES string of the molecule is CCc1c(-c2ccc(N)cc2)c(C#N)c(C)n1Cc1cnc(Cl)c(CO)c1. The third-order valence-electron chi connectivity index (χ3n) is 4.76. The predicted octanol–water partition coefficient (Wildman–Crippen LogP) is 4.07. The highest BCUT2D eigenvalue weighted by molar-refractivity contribution is 6.30. The van der Waals surface area contributed by atoms with Crippen molar-refractivity contribution in [2.24, 2.45) is 0 Å². The van der Waals surface area contributed by atoms with E-state index in [4.69, 9.17) is 17.3 Å². The molecule has 0 amide bonds. The molecule has 0 aliphatic rings. The molecule has 0 aliphatic carbocycles. The first-order valence-corrected chi connectivity index (χ1v) is 9.10. The molecule has 2 aromatic heterocycles. The Morgan fingerprint density at radius 1 is 1.30 bits per heavy atom. The molecule has 6 heteroatoms. The van der Waals surface area contributed by atoms with Gasteiger partial charge in [0.05, 0.1) is 12.2 Å². The van der Waals surface area contributed by atoms with E-state index in [0.717, 1.165) is 34.5 Å². The molecule has 138 valence electrons. The van der Waals surface area contributed by atoms with E-state index >= 15 is 0 Å². The molecule has 3 aromatic rings. The number of aliphatic hydroxyl groups excluding tert-OH is 1. The van der Waals surface area contributed by atoms with Crippen LogP contribution in [0.2, 0.25) is 5.15 Å². The van der Waals surface area contributed by atoms with E-state index in [1.807, 2.05) is 37.3 Å². The smallest absolute Gasteiger partial charge is 0.134 e. The van der Waals surface area contributed by atoms with Crippen LogP contribution in [0.1, 0.15) is 35.0 Å². The minimum Gasteiger partial charge on any atom is -0.399 e. The van der Waals surface area contributed by atoms with Gasteiger partial charge in [0, 0.05) is 40.9 Å². The number of nitrogens with zero attached hydrogens (tertiary/aromatic N) is 3. The second-order valence-electron chi connectivity index (χ2n) is 6.41. The van der Waals surface area contributed by atoms with Gasteiger partial charge in [0.15, 0.2) is 0 Å². The van der Waals surface area contributed by atoms with E-state index in [2.05, 4.69) is 22.5 Å². The summed E-state index contributed by atoms with van der Waals surface area (Å²) in [4.78, 5) is 4.16. The molecule has 2 heterocycles. The van der Waals surface area contributed by atoms with Crippen LogP contribution in [0.4, 0.5) is 5.69 Å². The normalized spacial score (nSPS) is 10.8. The zero-order valence-electron chi connectivity index (χ0n) is 15.3. The van der Waals surface area contributed by atoms with E-state index in [0.29, 0.717) is 28.5 Å². The Kier molecular flexibility index (Phi) is 5.50. The minimum atomic E-state index is -0.162. The maximum Gasteiger partial charge on any atom is 0.134 e. The molecule has 0 unspecified atom stereocenters. The number of aliphatic hydroxyl groups is 1. The summed E-state index contributed by atoms with van der Waals surface area (Å²) >= 11 is 6.00. The summed E-state index contributed by atoms with van der Waals surface area (Å²) in [7, 11) is 0. The highest BCUT2D eigenvalue weighted by atomic mass is 35.5. The second-order valence-corrected chi connectivity index (χ2v) is 6.77. The number of nitrogens with two attached hydrogens (primary N) is 1. The zero-order chi connectivity index (χ0) is 19.6. The average molecular weight is 381 g/mol. The van der Waals surface area contributed by atoms with Crippen molar-refractivity contribution < 1.29 is 5.11 Å². The van der Waals surface area contributed by atoms with Gasteiger partial charge in [-0.2, -0.15) is 5.26 Å². The quantitative estimate of drug-likeness (QED) is 0.516. The van der Waals surface area contributed by atoms with Crippen LogP contribution < -0.4 is 5.73 Å². The Bertz CT molecular complexity index is 1020. The first-order valence-electron chi connectivity index (χ1n) is 8.72. The van der Waals surface area contributed by atoms with Crippen molar-refractivity contribution in [1.82, 2.24) is 9.55 Å². The van der Waals surface area contributed by atoms with Crippen LogP contribution in [0.25, 0.3) is 11.1 Å². The number of rotatable bonds is 5. The van der Waals surface area contributed by atoms with Gasteiger partial charge in [-0.1, -0.05) is 30.7 Å². The Balaban J connectivity index is 2.14. The van der Waals surface area contributed by atoms with Gasteiger partial charge in [-0.3, -0.25) is 0 Å². The van der Waals surface area contributed by atoms with E-state index in [1.165, 1.54) is 0 Å². The molecular weight excluding hydrogens is 360 g/mol. The number of hydrogen-bond donors (Lipinski definition) is 2. The van der Waals surface area contributed by atoms with Crippen molar-refractivity contribution in [3.8, 4) is 17.2 Å². The fourth-order valence-corrected chi connectivity index (χ4v) is 3.56. The summed E-state index contributed by atoms with van der Waals surface area (Å²) in [6.07, 6.45) is 2.48. The number of benzene rings is 1. The molecule has 3 rings (SSSR count). The van der Waals surface area contributed by atoms with Crippen molar-refractivity contribution in [1.29, 1.82) is 5.26 Å². The maximum atomic E-state index is 9.78. The lowest BCUT2D eigenvalue weighted by Gasteiger charge is -2.13. The molecular formula is C21H21ClN4O. The van der Waals surface area contributed by atoms with Gasteiger partial charge in [0.25, 0.3) is 0 Å². The monoisotopic (exact) mass is 380 g/mol. The summed E-state index contributed by atoms with van der Waals surface area (Å²) in [5.41, 5.74) is 12.6. The molecule has 0 saturated heterocycles. The van der Waals surface area contributed by atoms with Crippen LogP contribution in [0, 0.1) is 18.3 Å². The van der Waals surface area contributed by atoms with Gasteiger partial charge in [0.1, 0.15) is 11.2 Å². The Hall–Kier alpha value is -2.81. The third-order valence-corrected chi connectivity index (χ3v) is 5.10. The standard InChI is InChI=1S/C21H21ClN4O/c1-3-19-20(15-4-6-17(24)7-5-15)18(9-23)13(2)26(19)11-14-8-16(12-27)21(22)25-10-14/h4-8,10,27H,3,11-12,24H2,1-2H3. The lowest BCUT2D eigenvalue weighted by atomic mass is 9.99. The third kappa shape index (κ3) is 3.55. The fourth-order valence-electron chi connectivity index (χ4n) is 3.40. The van der Waals surface area contributed by atoms with Crippen molar-refractivity contribution in [2.45, 2.75) is 33.4 Å². The molecule has 0 saturated carbocycles. The minimum absolute atomic E-state index is 0.162. The number of nitriles is 1. The second kappa shape index (κ2) is 7.83. The molecule has 27 heavy (non-hydrogen) atoms. The molecule has 3 N–H and O–H groups in total. The molecule has 0 spiro atoms. The van der Waals surface area contributed by atoms with Crippen LogP contribution in [0.3, 0.4) is 0 Å². The zero-order valence-corrected chi connectivity index (χ0v) is 16.1. The molecule has 0 radical (unpaired) electrons. The lowest BCUT2D eigenvalue weighted by Crippen LogP contribution is -2.07. The van der Waals surface area contributed by atoms with Gasteiger partial charge in [-0.15, -0.1) is 0 Å². The molecule has 0 fully saturated rings. The van der Waals surface area contributed by atoms with Crippen LogP contribution in [-0.4, -0.2) is 14.7 Å². The Morgan fingerprint density at radius 3 is 2.59 bits per heavy atom. The van der Waals surface area contributed by atoms with Crippen LogP contribution in [0.15, 0.2) is 36.5 Å². The maximum absolute atomic E-state index is 9.78. The molecule has 1 aromatic carbocycles. The van der Waals surface area contributed by atoms with E-state index in [9.17, 15) is 10.4 Å². The van der Waals surface area contributed by atoms with Crippen molar-refractivity contribution in [2.75, 3.05) is 5.73 Å². The molecule has 0 atom stereocenters. The summed E-state index contributed by atoms with van der Waals surface area (Å²) in [5, 5.41) is 19.5. The van der Waals surface area contributed by atoms with Crippen LogP contribution in [-0.2, 0) is 19.6 Å². The van der Waals surface area contributed by atoms with Crippen molar-refractivity contribution in [3.63, 3.8) is 0 Å². The van der Waals surface area contributed by atoms with Crippen molar-refractivity contribution >= 4 is 17.3 Å². The number of anilines is 1. The lowest BCUT2D eigenvalue weighted by molar-refractivity contribution is 0.281. The molecule has 5 nitrogen and oxygen atoms in total. The fraction of sp³-hybridized carbons (Fsp3) is 0.238. The highest BCUT2D eigenvalue weighted by Crippen LogP contribution is 2.34. The predicted molar refractivity (Wildman–Crippen MR) is 107 cm³/mol. The van der Waals surface area contributed by atoms with Crippen LogP contribution in [0.5, 0.6) is 0 Å². The Morgan fingerprint density at radius 2 is 2.00 bits per heavy atom. The van der Waals surface area contributed by atoms with E-state index < -0.39 is 0 Å². The Labute approximate surface area is 163 Å². The van der Waals surface area contributed by atoms with Gasteiger partial charge in [0.2, 0.25) is 0 Å². The summed E-state index contributed by atoms with van der Waals surface area (Å²) in [5.74, 6) is 0. The van der Waals surface area contributed by atoms with Gasteiger partial charge in [-0.05, 0) is 42.7 Å².